The van der Waals surface area contributed by atoms with Crippen molar-refractivity contribution in [2.45, 2.75) is 51.7 Å². The van der Waals surface area contributed by atoms with Gasteiger partial charge in [0.05, 0.1) is 0 Å². The smallest absolute Gasteiger partial charge is 0.410 e. The number of hydrogen-bond acceptors (Lipinski definition) is 3. The Balaban J connectivity index is 2.19. The molecule has 1 atom stereocenters. The highest BCUT2D eigenvalue weighted by molar-refractivity contribution is 5.74. The minimum Gasteiger partial charge on any atom is -0.444 e. The lowest BCUT2D eigenvalue weighted by Crippen LogP contribution is -2.37. The molecule has 0 heterocycles. The molecule has 1 unspecified atom stereocenters. The summed E-state index contributed by atoms with van der Waals surface area (Å²) in [7, 11) is 1.60. The van der Waals surface area contributed by atoms with Crippen LogP contribution in [0.4, 0.5) is 4.79 Å². The van der Waals surface area contributed by atoms with Crippen molar-refractivity contribution in [3.63, 3.8) is 0 Å². The fraction of sp³-hybridized carbons (Fsp3) is 0.529. The third kappa shape index (κ3) is 3.63. The number of aryl methyl sites for hydroxylation is 2. The van der Waals surface area contributed by atoms with Crippen LogP contribution in [0.2, 0.25) is 0 Å². The maximum Gasteiger partial charge on any atom is 0.410 e. The van der Waals surface area contributed by atoms with E-state index in [1.54, 1.807) is 7.05 Å². The highest BCUT2D eigenvalue weighted by Crippen LogP contribution is 2.27. The van der Waals surface area contributed by atoms with E-state index in [1.807, 2.05) is 32.9 Å². The van der Waals surface area contributed by atoms with Gasteiger partial charge in [-0.3, -0.25) is 4.90 Å². The standard InChI is InChI=1S/C17H23NO3/c1-17(2,3)21-16(20)18(4)15(11-19)14-9-8-12-6-5-7-13(12)10-14/h8-11,15H,5-7H2,1-4H3. The number of likely N-dealkylation sites (N-methyl/N-ethyl adjacent to an activating group) is 1. The monoisotopic (exact) mass is 289 g/mol. The van der Waals surface area contributed by atoms with E-state index in [0.717, 1.165) is 31.1 Å². The van der Waals surface area contributed by atoms with Gasteiger partial charge >= 0.3 is 6.09 Å². The zero-order valence-electron chi connectivity index (χ0n) is 13.2. The molecule has 1 aromatic carbocycles. The summed E-state index contributed by atoms with van der Waals surface area (Å²) in [6.07, 6.45) is 3.61. The minimum absolute atomic E-state index is 0.486. The second kappa shape index (κ2) is 5.88. The Bertz CT molecular complexity index is 545. The quantitative estimate of drug-likeness (QED) is 0.802. The van der Waals surface area contributed by atoms with Crippen LogP contribution < -0.4 is 0 Å². The van der Waals surface area contributed by atoms with E-state index in [0.29, 0.717) is 0 Å². The summed E-state index contributed by atoms with van der Waals surface area (Å²) in [5.74, 6) is 0. The molecule has 2 rings (SSSR count). The molecule has 0 N–H and O–H groups in total. The molecule has 0 saturated heterocycles. The van der Waals surface area contributed by atoms with Gasteiger partial charge in [-0.1, -0.05) is 18.2 Å². The summed E-state index contributed by atoms with van der Waals surface area (Å²) in [5, 5.41) is 0. The predicted molar refractivity (Wildman–Crippen MR) is 81.3 cm³/mol. The van der Waals surface area contributed by atoms with E-state index < -0.39 is 17.7 Å². The molecule has 0 saturated carbocycles. The molecule has 1 aromatic rings. The average Bonchev–Trinajstić information content (AvgIpc) is 2.84. The summed E-state index contributed by atoms with van der Waals surface area (Å²) in [6, 6.07) is 5.44. The molecular weight excluding hydrogens is 266 g/mol. The van der Waals surface area contributed by atoms with Gasteiger partial charge in [-0.25, -0.2) is 4.79 Å². The van der Waals surface area contributed by atoms with Gasteiger partial charge in [0, 0.05) is 7.05 Å². The number of carbonyl (C=O) groups excluding carboxylic acids is 2. The van der Waals surface area contributed by atoms with Gasteiger partial charge < -0.3 is 9.53 Å². The van der Waals surface area contributed by atoms with E-state index in [1.165, 1.54) is 16.0 Å². The molecule has 0 bridgehead atoms. The number of benzene rings is 1. The molecule has 0 radical (unpaired) electrons. The van der Waals surface area contributed by atoms with Crippen molar-refractivity contribution >= 4 is 12.4 Å². The van der Waals surface area contributed by atoms with Crippen molar-refractivity contribution in [1.82, 2.24) is 4.90 Å². The van der Waals surface area contributed by atoms with Crippen molar-refractivity contribution in [2.75, 3.05) is 7.05 Å². The predicted octanol–water partition coefficient (Wildman–Crippen LogP) is 3.28. The van der Waals surface area contributed by atoms with E-state index in [9.17, 15) is 9.59 Å². The molecule has 4 heteroatoms. The summed E-state index contributed by atoms with van der Waals surface area (Å²) in [4.78, 5) is 24.9. The molecule has 0 fully saturated rings. The highest BCUT2D eigenvalue weighted by atomic mass is 16.6. The van der Waals surface area contributed by atoms with Crippen molar-refractivity contribution in [2.24, 2.45) is 0 Å². The maximum atomic E-state index is 12.1. The van der Waals surface area contributed by atoms with Gasteiger partial charge in [-0.05, 0) is 56.7 Å². The van der Waals surface area contributed by atoms with Crippen LogP contribution in [-0.4, -0.2) is 29.9 Å². The number of hydrogen-bond donors (Lipinski definition) is 0. The van der Waals surface area contributed by atoms with E-state index in [4.69, 9.17) is 4.74 Å². The minimum atomic E-state index is -0.606. The van der Waals surface area contributed by atoms with Gasteiger partial charge in [-0.2, -0.15) is 0 Å². The lowest BCUT2D eigenvalue weighted by Gasteiger charge is -2.28. The van der Waals surface area contributed by atoms with Crippen LogP contribution in [-0.2, 0) is 22.4 Å². The van der Waals surface area contributed by atoms with Gasteiger partial charge in [0.1, 0.15) is 17.9 Å². The van der Waals surface area contributed by atoms with E-state index in [-0.39, 0.29) is 0 Å². The molecule has 4 nitrogen and oxygen atoms in total. The first-order valence-corrected chi connectivity index (χ1v) is 7.34. The number of ether oxygens (including phenoxy) is 1. The Morgan fingerprint density at radius 2 is 1.95 bits per heavy atom. The average molecular weight is 289 g/mol. The maximum absolute atomic E-state index is 12.1. The van der Waals surface area contributed by atoms with E-state index >= 15 is 0 Å². The van der Waals surface area contributed by atoms with Crippen LogP contribution in [0.15, 0.2) is 18.2 Å². The number of aldehydes is 1. The van der Waals surface area contributed by atoms with Crippen LogP contribution in [0.3, 0.4) is 0 Å². The number of amides is 1. The normalized spacial score (nSPS) is 15.2. The zero-order chi connectivity index (χ0) is 15.6. The Hall–Kier alpha value is -1.84. The number of rotatable bonds is 3. The van der Waals surface area contributed by atoms with Crippen molar-refractivity contribution in [3.8, 4) is 0 Å². The Morgan fingerprint density at radius 1 is 1.29 bits per heavy atom. The van der Waals surface area contributed by atoms with Crippen molar-refractivity contribution in [1.29, 1.82) is 0 Å². The molecule has 114 valence electrons. The number of carbonyl (C=O) groups is 2. The van der Waals surface area contributed by atoms with Crippen LogP contribution in [0.25, 0.3) is 0 Å². The van der Waals surface area contributed by atoms with Crippen molar-refractivity contribution in [3.05, 3.63) is 34.9 Å². The largest absolute Gasteiger partial charge is 0.444 e. The lowest BCUT2D eigenvalue weighted by atomic mass is 10.0. The first kappa shape index (κ1) is 15.5. The highest BCUT2D eigenvalue weighted by Gasteiger charge is 2.27. The summed E-state index contributed by atoms with van der Waals surface area (Å²) >= 11 is 0. The van der Waals surface area contributed by atoms with E-state index in [2.05, 4.69) is 6.07 Å². The number of fused-ring (bicyclic) bond motifs is 1. The molecule has 1 aliphatic carbocycles. The second-order valence-corrected chi connectivity index (χ2v) is 6.55. The molecule has 0 spiro atoms. The fourth-order valence-corrected chi connectivity index (χ4v) is 2.62. The molecule has 21 heavy (non-hydrogen) atoms. The third-order valence-corrected chi connectivity index (χ3v) is 3.69. The Labute approximate surface area is 126 Å². The summed E-state index contributed by atoms with van der Waals surface area (Å²) in [6.45, 7) is 5.43. The van der Waals surface area contributed by atoms with Crippen LogP contribution in [0, 0.1) is 0 Å². The fourth-order valence-electron chi connectivity index (χ4n) is 2.62. The first-order valence-electron chi connectivity index (χ1n) is 7.34. The molecule has 0 aromatic heterocycles. The number of nitrogens with zero attached hydrogens (tertiary/aromatic N) is 1. The second-order valence-electron chi connectivity index (χ2n) is 6.55. The zero-order valence-corrected chi connectivity index (χ0v) is 13.2. The Kier molecular flexibility index (Phi) is 4.35. The summed E-state index contributed by atoms with van der Waals surface area (Å²) < 4.78 is 5.32. The molecule has 1 amide bonds. The molecule has 0 aliphatic heterocycles. The summed E-state index contributed by atoms with van der Waals surface area (Å²) in [5.41, 5.74) is 2.91. The first-order chi connectivity index (χ1) is 9.81. The van der Waals surface area contributed by atoms with Crippen LogP contribution in [0.1, 0.15) is 49.9 Å². The van der Waals surface area contributed by atoms with Gasteiger partial charge in [-0.15, -0.1) is 0 Å². The van der Waals surface area contributed by atoms with Crippen LogP contribution in [0.5, 0.6) is 0 Å². The molecule has 1 aliphatic rings. The molecular formula is C17H23NO3. The van der Waals surface area contributed by atoms with Crippen LogP contribution >= 0.6 is 0 Å². The SMILES string of the molecule is CN(C(=O)OC(C)(C)C)C(C=O)c1ccc2c(c1)CCC2. The van der Waals surface area contributed by atoms with Crippen molar-refractivity contribution < 1.29 is 14.3 Å². The third-order valence-electron chi connectivity index (χ3n) is 3.69. The topological polar surface area (TPSA) is 46.6 Å². The van der Waals surface area contributed by atoms with Gasteiger partial charge in [0.2, 0.25) is 0 Å². The van der Waals surface area contributed by atoms with Gasteiger partial charge in [0.15, 0.2) is 0 Å². The lowest BCUT2D eigenvalue weighted by molar-refractivity contribution is -0.112. The van der Waals surface area contributed by atoms with Gasteiger partial charge in [0.25, 0.3) is 0 Å². The Morgan fingerprint density at radius 3 is 2.57 bits per heavy atom.